The van der Waals surface area contributed by atoms with Gasteiger partial charge in [-0.1, -0.05) is 6.92 Å². The number of alkyl halides is 2. The molecule has 0 aliphatic carbocycles. The Kier molecular flexibility index (Phi) is 4.48. The molecule has 0 unspecified atom stereocenters. The van der Waals surface area contributed by atoms with E-state index in [2.05, 4.69) is 4.74 Å². The van der Waals surface area contributed by atoms with Gasteiger partial charge in [0.1, 0.15) is 22.3 Å². The Hall–Kier alpha value is -1.39. The first-order chi connectivity index (χ1) is 8.29. The van der Waals surface area contributed by atoms with E-state index in [-0.39, 0.29) is 0 Å². The highest BCUT2D eigenvalue weighted by Gasteiger charge is 2.22. The molecule has 0 amide bonds. The molecule has 0 aromatic heterocycles. The van der Waals surface area contributed by atoms with Crippen LogP contribution in [-0.2, 0) is 15.5 Å². The molecule has 1 aromatic rings. The lowest BCUT2D eigenvalue weighted by molar-refractivity contribution is -0.0502. The Bertz CT molecular complexity index is 596. The summed E-state index contributed by atoms with van der Waals surface area (Å²) in [5.41, 5.74) is -0.105. The van der Waals surface area contributed by atoms with Crippen molar-refractivity contribution in [1.82, 2.24) is 0 Å². The Labute approximate surface area is 107 Å². The van der Waals surface area contributed by atoms with Gasteiger partial charge in [0.2, 0.25) is 0 Å². The number of rotatable bonds is 4. The van der Waals surface area contributed by atoms with Crippen molar-refractivity contribution in [3.63, 3.8) is 0 Å². The van der Waals surface area contributed by atoms with Gasteiger partial charge in [0, 0.05) is 10.7 Å². The first kappa shape index (κ1) is 14.7. The molecule has 1 aromatic carbocycles. The van der Waals surface area contributed by atoms with E-state index in [0.29, 0.717) is 12.0 Å². The molecule has 0 aliphatic rings. The van der Waals surface area contributed by atoms with Gasteiger partial charge in [-0.25, -0.2) is 8.42 Å². The Morgan fingerprint density at radius 1 is 1.50 bits per heavy atom. The zero-order valence-corrected chi connectivity index (χ0v) is 10.7. The van der Waals surface area contributed by atoms with Gasteiger partial charge in [-0.05, 0) is 24.1 Å². The normalized spacial score (nSPS) is 11.3. The van der Waals surface area contributed by atoms with Gasteiger partial charge in [0.15, 0.2) is 0 Å². The molecule has 0 aliphatic heterocycles. The van der Waals surface area contributed by atoms with E-state index in [1.807, 2.05) is 0 Å². The van der Waals surface area contributed by atoms with E-state index in [9.17, 15) is 17.2 Å². The summed E-state index contributed by atoms with van der Waals surface area (Å²) in [6.07, 6.45) is 0.380. The van der Waals surface area contributed by atoms with Crippen molar-refractivity contribution in [3.8, 4) is 11.8 Å². The van der Waals surface area contributed by atoms with Gasteiger partial charge in [-0.15, -0.1) is 0 Å². The molecule has 1 rings (SSSR count). The number of nitrogens with zero attached hydrogens (tertiary/aromatic N) is 1. The third kappa shape index (κ3) is 3.31. The van der Waals surface area contributed by atoms with Crippen molar-refractivity contribution in [2.75, 3.05) is 0 Å². The maximum absolute atomic E-state index is 12.2. The summed E-state index contributed by atoms with van der Waals surface area (Å²) >= 11 is 0. The average molecular weight is 296 g/mol. The molecule has 18 heavy (non-hydrogen) atoms. The van der Waals surface area contributed by atoms with E-state index in [1.165, 1.54) is 18.2 Å². The summed E-state index contributed by atoms with van der Waals surface area (Å²) in [5.74, 6) is -0.494. The SMILES string of the molecule is CCc1cc(OC(F)F)c(C#N)c(S(=O)(=O)Cl)c1. The quantitative estimate of drug-likeness (QED) is 0.801. The van der Waals surface area contributed by atoms with Crippen LogP contribution >= 0.6 is 10.7 Å². The molecule has 0 saturated heterocycles. The predicted octanol–water partition coefficient (Wildman–Crippen LogP) is 2.65. The van der Waals surface area contributed by atoms with Crippen molar-refractivity contribution >= 4 is 19.7 Å². The zero-order valence-electron chi connectivity index (χ0n) is 9.15. The molecule has 0 heterocycles. The standard InChI is InChI=1S/C10H8ClF2NO3S/c1-2-6-3-8(17-10(12)13)7(5-14)9(4-6)18(11,15)16/h3-4,10H,2H2,1H3. The topological polar surface area (TPSA) is 67.2 Å². The summed E-state index contributed by atoms with van der Waals surface area (Å²) in [7, 11) is 0.946. The lowest BCUT2D eigenvalue weighted by atomic mass is 10.1. The highest BCUT2D eigenvalue weighted by atomic mass is 35.7. The first-order valence-electron chi connectivity index (χ1n) is 4.76. The van der Waals surface area contributed by atoms with Crippen LogP contribution in [0.1, 0.15) is 18.1 Å². The van der Waals surface area contributed by atoms with Gasteiger partial charge in [-0.2, -0.15) is 14.0 Å². The van der Waals surface area contributed by atoms with Crippen LogP contribution in [0.5, 0.6) is 5.75 Å². The van der Waals surface area contributed by atoms with Crippen LogP contribution in [0.25, 0.3) is 0 Å². The molecule has 4 nitrogen and oxygen atoms in total. The summed E-state index contributed by atoms with van der Waals surface area (Å²) in [4.78, 5) is -0.526. The summed E-state index contributed by atoms with van der Waals surface area (Å²) in [6, 6.07) is 3.86. The number of benzene rings is 1. The predicted molar refractivity (Wildman–Crippen MR) is 60.2 cm³/mol. The molecular formula is C10H8ClF2NO3S. The van der Waals surface area contributed by atoms with Crippen molar-refractivity contribution in [2.45, 2.75) is 24.9 Å². The van der Waals surface area contributed by atoms with Crippen LogP contribution in [-0.4, -0.2) is 15.0 Å². The third-order valence-corrected chi connectivity index (χ3v) is 3.47. The molecule has 0 saturated carbocycles. The maximum Gasteiger partial charge on any atom is 0.387 e. The molecule has 0 bridgehead atoms. The number of ether oxygens (including phenoxy) is 1. The fraction of sp³-hybridized carbons (Fsp3) is 0.300. The van der Waals surface area contributed by atoms with Crippen molar-refractivity contribution in [2.24, 2.45) is 0 Å². The number of halogens is 3. The molecule has 8 heteroatoms. The second-order valence-corrected chi connectivity index (χ2v) is 5.78. The van der Waals surface area contributed by atoms with Crippen molar-refractivity contribution < 1.29 is 21.9 Å². The van der Waals surface area contributed by atoms with Gasteiger partial charge < -0.3 is 4.74 Å². The largest absolute Gasteiger partial charge is 0.433 e. The summed E-state index contributed by atoms with van der Waals surface area (Å²) in [6.45, 7) is -1.46. The smallest absolute Gasteiger partial charge is 0.387 e. The first-order valence-corrected chi connectivity index (χ1v) is 7.07. The highest BCUT2D eigenvalue weighted by molar-refractivity contribution is 8.13. The number of hydrogen-bond donors (Lipinski definition) is 0. The van der Waals surface area contributed by atoms with Gasteiger partial charge in [-0.3, -0.25) is 0 Å². The third-order valence-electron chi connectivity index (χ3n) is 2.12. The Morgan fingerprint density at radius 3 is 2.50 bits per heavy atom. The van der Waals surface area contributed by atoms with E-state index in [1.54, 1.807) is 6.92 Å². The lowest BCUT2D eigenvalue weighted by Gasteiger charge is -2.11. The number of nitriles is 1. The lowest BCUT2D eigenvalue weighted by Crippen LogP contribution is -2.07. The minimum absolute atomic E-state index is 0.380. The van der Waals surface area contributed by atoms with Crippen LogP contribution in [0.2, 0.25) is 0 Å². The maximum atomic E-state index is 12.2. The fourth-order valence-corrected chi connectivity index (χ4v) is 2.39. The molecule has 0 fully saturated rings. The molecule has 0 N–H and O–H groups in total. The van der Waals surface area contributed by atoms with Crippen molar-refractivity contribution in [3.05, 3.63) is 23.3 Å². The number of hydrogen-bond acceptors (Lipinski definition) is 4. The molecule has 98 valence electrons. The van der Waals surface area contributed by atoms with Gasteiger partial charge in [0.05, 0.1) is 0 Å². The molecular weight excluding hydrogens is 288 g/mol. The van der Waals surface area contributed by atoms with Crippen LogP contribution < -0.4 is 4.74 Å². The minimum Gasteiger partial charge on any atom is -0.433 e. The highest BCUT2D eigenvalue weighted by Crippen LogP contribution is 2.31. The number of aryl methyl sites for hydroxylation is 1. The van der Waals surface area contributed by atoms with E-state index < -0.39 is 31.9 Å². The summed E-state index contributed by atoms with van der Waals surface area (Å²) < 4.78 is 51.1. The Balaban J connectivity index is 3.56. The van der Waals surface area contributed by atoms with Crippen LogP contribution in [0.3, 0.4) is 0 Å². The van der Waals surface area contributed by atoms with Crippen LogP contribution in [0.4, 0.5) is 8.78 Å². The Morgan fingerprint density at radius 2 is 2.11 bits per heavy atom. The van der Waals surface area contributed by atoms with E-state index >= 15 is 0 Å². The van der Waals surface area contributed by atoms with Crippen molar-refractivity contribution in [1.29, 1.82) is 5.26 Å². The van der Waals surface area contributed by atoms with Crippen LogP contribution in [0, 0.1) is 11.3 Å². The van der Waals surface area contributed by atoms with Gasteiger partial charge >= 0.3 is 6.61 Å². The fourth-order valence-electron chi connectivity index (χ4n) is 1.34. The van der Waals surface area contributed by atoms with E-state index in [4.69, 9.17) is 15.9 Å². The summed E-state index contributed by atoms with van der Waals surface area (Å²) in [5, 5.41) is 8.84. The second-order valence-electron chi connectivity index (χ2n) is 3.25. The molecule has 0 atom stereocenters. The minimum atomic E-state index is -4.21. The zero-order chi connectivity index (χ0) is 13.9. The second kappa shape index (κ2) is 5.50. The molecule has 0 radical (unpaired) electrons. The molecule has 0 spiro atoms. The van der Waals surface area contributed by atoms with E-state index in [0.717, 1.165) is 0 Å². The average Bonchev–Trinajstić information content (AvgIpc) is 2.25. The van der Waals surface area contributed by atoms with Crippen LogP contribution in [0.15, 0.2) is 17.0 Å². The van der Waals surface area contributed by atoms with Gasteiger partial charge in [0.25, 0.3) is 9.05 Å². The monoisotopic (exact) mass is 295 g/mol.